The Morgan fingerprint density at radius 1 is 1.21 bits per heavy atom. The fourth-order valence-electron chi connectivity index (χ4n) is 2.11. The summed E-state index contributed by atoms with van der Waals surface area (Å²) in [5.41, 5.74) is 2.06. The van der Waals surface area contributed by atoms with Gasteiger partial charge in [0.2, 0.25) is 0 Å². The van der Waals surface area contributed by atoms with E-state index in [0.29, 0.717) is 5.56 Å². The molecule has 0 atom stereocenters. The summed E-state index contributed by atoms with van der Waals surface area (Å²) in [6.07, 6.45) is 5.02. The quantitative estimate of drug-likeness (QED) is 0.620. The first-order chi connectivity index (χ1) is 8.33. The van der Waals surface area contributed by atoms with Gasteiger partial charge in [-0.25, -0.2) is 0 Å². The first-order valence-corrected chi connectivity index (χ1v) is 5.45. The summed E-state index contributed by atoms with van der Waals surface area (Å²) in [4.78, 5) is 0. The molecule has 76 valence electrons. The second-order valence-electron chi connectivity index (χ2n) is 4.19. The van der Waals surface area contributed by atoms with Crippen LogP contribution in [-0.4, -0.2) is 0 Å². The van der Waals surface area contributed by atoms with Crippen LogP contribution >= 0.6 is 0 Å². The van der Waals surface area contributed by atoms with Crippen molar-refractivity contribution in [3.63, 3.8) is 0 Å². The van der Waals surface area contributed by atoms with Crippen LogP contribution in [-0.2, 0) is 0 Å². The molecule has 0 bridgehead atoms. The SMILES string of the molecule is [2H]C([2H])([2H])c1cc(C2([2H])CCCCC2)ccc1C. The molecule has 1 fully saturated rings. The summed E-state index contributed by atoms with van der Waals surface area (Å²) in [5.74, 6) is -0.577. The van der Waals surface area contributed by atoms with E-state index in [2.05, 4.69) is 0 Å². The van der Waals surface area contributed by atoms with Gasteiger partial charge in [0.15, 0.2) is 0 Å². The lowest BCUT2D eigenvalue weighted by atomic mass is 9.83. The molecule has 1 aromatic carbocycles. The summed E-state index contributed by atoms with van der Waals surface area (Å²) in [6, 6.07) is 5.52. The minimum atomic E-state index is -2.08. The van der Waals surface area contributed by atoms with E-state index in [1.54, 1.807) is 6.07 Å². The lowest BCUT2D eigenvalue weighted by Crippen LogP contribution is -2.04. The normalized spacial score (nSPS) is 25.8. The monoisotopic (exact) mass is 192 g/mol. The third-order valence-electron chi connectivity index (χ3n) is 3.10. The van der Waals surface area contributed by atoms with E-state index in [1.807, 2.05) is 19.1 Å². The molecule has 2 rings (SSSR count). The molecule has 1 aliphatic carbocycles. The van der Waals surface area contributed by atoms with Crippen LogP contribution in [0.3, 0.4) is 0 Å². The average Bonchev–Trinajstić information content (AvgIpc) is 2.28. The largest absolute Gasteiger partial charge is 0.0588 e. The molecule has 0 spiro atoms. The summed E-state index contributed by atoms with van der Waals surface area (Å²) >= 11 is 0. The van der Waals surface area contributed by atoms with Crippen molar-refractivity contribution >= 4 is 0 Å². The van der Waals surface area contributed by atoms with E-state index >= 15 is 0 Å². The first kappa shape index (κ1) is 5.95. The lowest BCUT2D eigenvalue weighted by molar-refractivity contribution is 0.443. The summed E-state index contributed by atoms with van der Waals surface area (Å²) in [5, 5.41) is 0. The van der Waals surface area contributed by atoms with Gasteiger partial charge < -0.3 is 0 Å². The highest BCUT2D eigenvalue weighted by molar-refractivity contribution is 5.32. The maximum atomic E-state index is 8.55. The maximum Gasteiger partial charge on any atom is 0.0352 e. The van der Waals surface area contributed by atoms with Crippen molar-refractivity contribution in [1.82, 2.24) is 0 Å². The van der Waals surface area contributed by atoms with Crippen LogP contribution in [0.25, 0.3) is 0 Å². The molecule has 1 saturated carbocycles. The van der Waals surface area contributed by atoms with Gasteiger partial charge in [-0.2, -0.15) is 0 Å². The second kappa shape index (κ2) is 4.16. The van der Waals surface area contributed by atoms with E-state index < -0.39 is 12.7 Å². The van der Waals surface area contributed by atoms with Gasteiger partial charge in [-0.05, 0) is 49.2 Å². The maximum absolute atomic E-state index is 8.55. The Bertz CT molecular complexity index is 428. The second-order valence-corrected chi connectivity index (χ2v) is 4.19. The molecule has 0 saturated heterocycles. The van der Waals surface area contributed by atoms with Gasteiger partial charge in [0.1, 0.15) is 0 Å². The van der Waals surface area contributed by atoms with E-state index in [9.17, 15) is 0 Å². The summed E-state index contributed by atoms with van der Waals surface area (Å²) in [6.45, 7) is -0.256. The van der Waals surface area contributed by atoms with Crippen molar-refractivity contribution < 1.29 is 5.48 Å². The molecule has 0 radical (unpaired) electrons. The van der Waals surface area contributed by atoms with E-state index in [4.69, 9.17) is 5.48 Å². The number of rotatable bonds is 1. The molecule has 0 N–H and O–H groups in total. The van der Waals surface area contributed by atoms with Crippen LogP contribution in [0, 0.1) is 13.8 Å². The Kier molecular flexibility index (Phi) is 1.77. The van der Waals surface area contributed by atoms with Gasteiger partial charge >= 0.3 is 0 Å². The molecule has 0 heterocycles. The topological polar surface area (TPSA) is 0 Å². The molecule has 0 unspecified atom stereocenters. The fourth-order valence-corrected chi connectivity index (χ4v) is 2.11. The van der Waals surface area contributed by atoms with Gasteiger partial charge in [-0.3, -0.25) is 0 Å². The van der Waals surface area contributed by atoms with Crippen molar-refractivity contribution in [1.29, 1.82) is 0 Å². The molecule has 1 aromatic rings. The van der Waals surface area contributed by atoms with Crippen LogP contribution in [0.5, 0.6) is 0 Å². The first-order valence-electron chi connectivity index (χ1n) is 7.45. The molecule has 0 amide bonds. The predicted molar refractivity (Wildman–Crippen MR) is 61.7 cm³/mol. The van der Waals surface area contributed by atoms with Gasteiger partial charge in [0.05, 0.1) is 0 Å². The third kappa shape index (κ3) is 2.00. The standard InChI is InChI=1S/C14H20/c1-11-8-9-14(10-12(11)2)13-6-4-3-5-7-13/h8-10,13H,3-7H2,1-2H3/i2D3,13D. The van der Waals surface area contributed by atoms with Crippen molar-refractivity contribution in [2.45, 2.75) is 51.8 Å². The fraction of sp³-hybridized carbons (Fsp3) is 0.571. The van der Waals surface area contributed by atoms with Crippen LogP contribution in [0.15, 0.2) is 18.2 Å². The zero-order valence-corrected chi connectivity index (χ0v) is 8.77. The van der Waals surface area contributed by atoms with Crippen molar-refractivity contribution in [3.05, 3.63) is 34.9 Å². The van der Waals surface area contributed by atoms with E-state index in [0.717, 1.165) is 36.8 Å². The molecule has 1 aliphatic rings. The Morgan fingerprint density at radius 3 is 2.71 bits per heavy atom. The predicted octanol–water partition coefficient (Wildman–Crippen LogP) is 4.35. The number of hydrogen-bond donors (Lipinski definition) is 0. The van der Waals surface area contributed by atoms with Crippen molar-refractivity contribution in [2.75, 3.05) is 0 Å². The van der Waals surface area contributed by atoms with Crippen molar-refractivity contribution in [2.24, 2.45) is 0 Å². The molecule has 0 heteroatoms. The summed E-state index contributed by atoms with van der Waals surface area (Å²) in [7, 11) is 0. The van der Waals surface area contributed by atoms with E-state index in [1.165, 1.54) is 6.42 Å². The van der Waals surface area contributed by atoms with Gasteiger partial charge in [-0.1, -0.05) is 37.5 Å². The van der Waals surface area contributed by atoms with Crippen LogP contribution in [0.1, 0.15) is 60.2 Å². The molecule has 0 aliphatic heterocycles. The minimum absolute atomic E-state index is 0.400. The Morgan fingerprint density at radius 2 is 2.00 bits per heavy atom. The Hall–Kier alpha value is -0.780. The Labute approximate surface area is 93.0 Å². The number of benzene rings is 1. The lowest BCUT2D eigenvalue weighted by Gasteiger charge is -2.22. The summed E-state index contributed by atoms with van der Waals surface area (Å²) < 4.78 is 31.2. The molecular formula is C14H20. The highest BCUT2D eigenvalue weighted by Gasteiger charge is 2.15. The molecular weight excluding hydrogens is 168 g/mol. The van der Waals surface area contributed by atoms with Crippen LogP contribution < -0.4 is 0 Å². The molecule has 0 nitrogen and oxygen atoms in total. The zero-order chi connectivity index (χ0) is 13.4. The molecule has 14 heavy (non-hydrogen) atoms. The average molecular weight is 192 g/mol. The highest BCUT2D eigenvalue weighted by atomic mass is 14.2. The third-order valence-corrected chi connectivity index (χ3v) is 3.10. The number of hydrogen-bond acceptors (Lipinski definition) is 0. The highest BCUT2D eigenvalue weighted by Crippen LogP contribution is 2.33. The number of aryl methyl sites for hydroxylation is 2. The van der Waals surface area contributed by atoms with Gasteiger partial charge in [-0.15, -0.1) is 0 Å². The van der Waals surface area contributed by atoms with Crippen LogP contribution in [0.2, 0.25) is 0 Å². The zero-order valence-electron chi connectivity index (χ0n) is 12.8. The van der Waals surface area contributed by atoms with Gasteiger partial charge in [0.25, 0.3) is 0 Å². The minimum Gasteiger partial charge on any atom is -0.0588 e. The molecule has 0 aromatic heterocycles. The smallest absolute Gasteiger partial charge is 0.0352 e. The Balaban J connectivity index is 2.40. The van der Waals surface area contributed by atoms with E-state index in [-0.39, 0.29) is 0 Å². The van der Waals surface area contributed by atoms with Crippen LogP contribution in [0.4, 0.5) is 0 Å². The van der Waals surface area contributed by atoms with Gasteiger partial charge in [0, 0.05) is 5.48 Å². The van der Waals surface area contributed by atoms with Crippen molar-refractivity contribution in [3.8, 4) is 0 Å².